The first kappa shape index (κ1) is 25.4. The fourth-order valence-electron chi connectivity index (χ4n) is 4.30. The Bertz CT molecular complexity index is 718. The zero-order valence-electron chi connectivity index (χ0n) is 21.0. The molecule has 1 aromatic rings. The summed E-state index contributed by atoms with van der Waals surface area (Å²) in [6.07, 6.45) is 1.54. The second-order valence-electron chi connectivity index (χ2n) is 9.85. The Morgan fingerprint density at radius 1 is 1.09 bits per heavy atom. The van der Waals surface area contributed by atoms with Crippen LogP contribution in [-0.4, -0.2) is 93.6 Å². The minimum Gasteiger partial charge on any atom is -0.399 e. The molecule has 0 unspecified atom stereocenters. The van der Waals surface area contributed by atoms with Crippen molar-refractivity contribution in [2.75, 3.05) is 52.0 Å². The van der Waals surface area contributed by atoms with Crippen molar-refractivity contribution in [3.8, 4) is 0 Å². The van der Waals surface area contributed by atoms with E-state index in [9.17, 15) is 0 Å². The number of hydrogen-bond donors (Lipinski definition) is 0. The van der Waals surface area contributed by atoms with Gasteiger partial charge in [-0.15, -0.1) is 0 Å². The maximum absolute atomic E-state index is 6.23. The Morgan fingerprint density at radius 2 is 1.69 bits per heavy atom. The molecule has 0 radical (unpaired) electrons. The lowest BCUT2D eigenvalue weighted by molar-refractivity contribution is -0.141. The molecule has 2 saturated heterocycles. The summed E-state index contributed by atoms with van der Waals surface area (Å²) in [5, 5.41) is 0. The second-order valence-corrected chi connectivity index (χ2v) is 9.85. The number of anilines is 1. The summed E-state index contributed by atoms with van der Waals surface area (Å²) in [6, 6.07) is 4.85. The molecule has 0 bridgehead atoms. The highest BCUT2D eigenvalue weighted by atomic mass is 16.7. The van der Waals surface area contributed by atoms with Gasteiger partial charge in [0.2, 0.25) is 0 Å². The van der Waals surface area contributed by atoms with Gasteiger partial charge < -0.3 is 28.4 Å². The van der Waals surface area contributed by atoms with E-state index in [0.717, 1.165) is 30.9 Å². The van der Waals surface area contributed by atoms with E-state index in [1.165, 1.54) is 0 Å². The van der Waals surface area contributed by atoms with Crippen molar-refractivity contribution >= 4 is 18.4 Å². The number of aromatic nitrogens is 1. The summed E-state index contributed by atoms with van der Waals surface area (Å²) in [6.45, 7) is 16.6. The topological polar surface area (TPSA) is 65.5 Å². The van der Waals surface area contributed by atoms with Gasteiger partial charge in [-0.05, 0) is 59.1 Å². The smallest absolute Gasteiger partial charge is 0.399 e. The van der Waals surface area contributed by atoms with Crippen LogP contribution in [0.1, 0.15) is 41.5 Å². The van der Waals surface area contributed by atoms with Crippen molar-refractivity contribution in [2.45, 2.75) is 71.1 Å². The molecular formula is C23H40BN3O5. The van der Waals surface area contributed by atoms with Crippen LogP contribution in [0.4, 0.5) is 5.82 Å². The van der Waals surface area contributed by atoms with E-state index in [1.54, 1.807) is 14.2 Å². The van der Waals surface area contributed by atoms with Gasteiger partial charge in [0.15, 0.2) is 6.29 Å². The number of ether oxygens (including phenoxy) is 3. The molecule has 2 aliphatic heterocycles. The number of methoxy groups -OCH3 is 2. The van der Waals surface area contributed by atoms with Crippen LogP contribution >= 0.6 is 0 Å². The van der Waals surface area contributed by atoms with Crippen molar-refractivity contribution in [2.24, 2.45) is 0 Å². The average Bonchev–Trinajstić information content (AvgIpc) is 2.97. The zero-order chi connectivity index (χ0) is 23.5. The summed E-state index contributed by atoms with van der Waals surface area (Å²) in [4.78, 5) is 9.50. The Kier molecular flexibility index (Phi) is 8.23. The van der Waals surface area contributed by atoms with Gasteiger partial charge in [-0.2, -0.15) is 0 Å². The van der Waals surface area contributed by atoms with Crippen molar-refractivity contribution in [3.63, 3.8) is 0 Å². The molecule has 32 heavy (non-hydrogen) atoms. The van der Waals surface area contributed by atoms with Crippen LogP contribution in [0.25, 0.3) is 0 Å². The third-order valence-corrected chi connectivity index (χ3v) is 6.99. The molecule has 2 atom stereocenters. The van der Waals surface area contributed by atoms with Crippen molar-refractivity contribution < 1.29 is 23.5 Å². The zero-order valence-corrected chi connectivity index (χ0v) is 21.0. The van der Waals surface area contributed by atoms with Crippen LogP contribution in [0.5, 0.6) is 0 Å². The van der Waals surface area contributed by atoms with Gasteiger partial charge in [0.05, 0.1) is 24.4 Å². The first-order valence-electron chi connectivity index (χ1n) is 11.5. The van der Waals surface area contributed by atoms with Gasteiger partial charge in [-0.1, -0.05) is 0 Å². The standard InChI is InChI=1S/C23H40BN3O5/c1-17-14-26(15-18(2)27(17)11-12-30-16-21(28-7)29-8)20-13-19(9-10-25-20)24-31-22(3,4)23(5,6)32-24/h9-10,13,17-18,21H,11-12,14-16H2,1-8H3/t17-,18+. The maximum atomic E-state index is 6.23. The van der Waals surface area contributed by atoms with Gasteiger partial charge in [0.25, 0.3) is 0 Å². The van der Waals surface area contributed by atoms with E-state index in [-0.39, 0.29) is 24.6 Å². The first-order valence-corrected chi connectivity index (χ1v) is 11.5. The molecule has 0 aromatic carbocycles. The van der Waals surface area contributed by atoms with E-state index in [4.69, 9.17) is 23.5 Å². The summed E-state index contributed by atoms with van der Waals surface area (Å²) < 4.78 is 28.6. The Balaban J connectivity index is 1.58. The monoisotopic (exact) mass is 449 g/mol. The number of hydrogen-bond acceptors (Lipinski definition) is 8. The highest BCUT2D eigenvalue weighted by Gasteiger charge is 2.51. The SMILES string of the molecule is COC(COCCN1[C@H](C)CN(c2cc(B3OC(C)(C)C(C)(C)O3)ccn2)C[C@@H]1C)OC. The Morgan fingerprint density at radius 3 is 2.25 bits per heavy atom. The first-order chi connectivity index (χ1) is 15.1. The molecule has 180 valence electrons. The number of nitrogens with zero attached hydrogens (tertiary/aromatic N) is 3. The second kappa shape index (κ2) is 10.4. The molecular weight excluding hydrogens is 409 g/mol. The maximum Gasteiger partial charge on any atom is 0.495 e. The molecule has 0 amide bonds. The lowest BCUT2D eigenvalue weighted by atomic mass is 9.79. The molecule has 0 saturated carbocycles. The molecule has 9 heteroatoms. The van der Waals surface area contributed by atoms with E-state index >= 15 is 0 Å². The average molecular weight is 449 g/mol. The largest absolute Gasteiger partial charge is 0.495 e. The van der Waals surface area contributed by atoms with Crippen LogP contribution in [0.3, 0.4) is 0 Å². The normalized spacial score (nSPS) is 25.7. The molecule has 2 aliphatic rings. The van der Waals surface area contributed by atoms with Gasteiger partial charge in [0, 0.05) is 52.1 Å². The van der Waals surface area contributed by atoms with E-state index in [0.29, 0.717) is 25.3 Å². The predicted molar refractivity (Wildman–Crippen MR) is 126 cm³/mol. The van der Waals surface area contributed by atoms with E-state index in [2.05, 4.69) is 62.4 Å². The predicted octanol–water partition coefficient (Wildman–Crippen LogP) is 1.92. The minimum absolute atomic E-state index is 0.316. The molecule has 3 heterocycles. The Labute approximate surface area is 193 Å². The van der Waals surface area contributed by atoms with Crippen LogP contribution in [0.15, 0.2) is 18.3 Å². The molecule has 0 N–H and O–H groups in total. The molecule has 0 spiro atoms. The van der Waals surface area contributed by atoms with Crippen LogP contribution in [0.2, 0.25) is 0 Å². The molecule has 2 fully saturated rings. The third-order valence-electron chi connectivity index (χ3n) is 6.99. The van der Waals surface area contributed by atoms with Crippen LogP contribution < -0.4 is 10.4 Å². The fraction of sp³-hybridized carbons (Fsp3) is 0.783. The molecule has 1 aromatic heterocycles. The van der Waals surface area contributed by atoms with Crippen LogP contribution in [-0.2, 0) is 23.5 Å². The third kappa shape index (κ3) is 5.63. The van der Waals surface area contributed by atoms with Crippen molar-refractivity contribution in [3.05, 3.63) is 18.3 Å². The highest BCUT2D eigenvalue weighted by molar-refractivity contribution is 6.62. The Hall–Kier alpha value is -1.23. The quantitative estimate of drug-likeness (QED) is 0.322. The van der Waals surface area contributed by atoms with Crippen LogP contribution in [0, 0.1) is 0 Å². The lowest BCUT2D eigenvalue weighted by Gasteiger charge is -2.45. The van der Waals surface area contributed by atoms with Gasteiger partial charge in [0.1, 0.15) is 5.82 Å². The van der Waals surface area contributed by atoms with Gasteiger partial charge in [-0.25, -0.2) is 4.98 Å². The number of pyridine rings is 1. The van der Waals surface area contributed by atoms with Crippen molar-refractivity contribution in [1.82, 2.24) is 9.88 Å². The number of piperazine rings is 1. The van der Waals surface area contributed by atoms with E-state index < -0.39 is 0 Å². The van der Waals surface area contributed by atoms with Gasteiger partial charge in [-0.3, -0.25) is 4.90 Å². The summed E-state index contributed by atoms with van der Waals surface area (Å²) in [5.74, 6) is 0.967. The molecule has 0 aliphatic carbocycles. The molecule has 8 nitrogen and oxygen atoms in total. The van der Waals surface area contributed by atoms with Gasteiger partial charge >= 0.3 is 7.12 Å². The van der Waals surface area contributed by atoms with Crippen molar-refractivity contribution in [1.29, 1.82) is 0 Å². The summed E-state index contributed by atoms with van der Waals surface area (Å²) in [5.41, 5.74) is 0.296. The fourth-order valence-corrected chi connectivity index (χ4v) is 4.30. The minimum atomic E-state index is -0.377. The van der Waals surface area contributed by atoms with E-state index in [1.807, 2.05) is 12.3 Å². The highest BCUT2D eigenvalue weighted by Crippen LogP contribution is 2.36. The summed E-state index contributed by atoms with van der Waals surface area (Å²) in [7, 11) is 2.87. The molecule has 3 rings (SSSR count). The number of rotatable bonds is 9. The summed E-state index contributed by atoms with van der Waals surface area (Å²) >= 11 is 0. The lowest BCUT2D eigenvalue weighted by Crippen LogP contribution is -2.57.